The van der Waals surface area contributed by atoms with E-state index >= 15 is 0 Å². The minimum atomic E-state index is -3.16. The van der Waals surface area contributed by atoms with E-state index in [1.54, 1.807) is 24.3 Å². The van der Waals surface area contributed by atoms with Crippen LogP contribution in [0.3, 0.4) is 0 Å². The Balaban J connectivity index is 2.01. The molecule has 1 saturated heterocycles. The van der Waals surface area contributed by atoms with E-state index in [2.05, 4.69) is 5.32 Å². The van der Waals surface area contributed by atoms with Gasteiger partial charge < -0.3 is 10.1 Å². The van der Waals surface area contributed by atoms with E-state index in [4.69, 9.17) is 4.74 Å². The summed E-state index contributed by atoms with van der Waals surface area (Å²) in [5, 5.41) is 3.27. The van der Waals surface area contributed by atoms with E-state index in [1.807, 2.05) is 0 Å². The summed E-state index contributed by atoms with van der Waals surface area (Å²) in [6.45, 7) is 2.66. The summed E-state index contributed by atoms with van der Waals surface area (Å²) < 4.78 is 28.4. The third-order valence-corrected chi connectivity index (χ3v) is 3.99. The van der Waals surface area contributed by atoms with Gasteiger partial charge in [0.1, 0.15) is 5.75 Å². The van der Waals surface area contributed by atoms with Crippen molar-refractivity contribution in [2.45, 2.75) is 11.3 Å². The molecule has 2 rings (SSSR count). The Morgan fingerprint density at radius 1 is 1.47 bits per heavy atom. The molecule has 1 aliphatic rings. The van der Waals surface area contributed by atoms with Crippen LogP contribution in [-0.4, -0.2) is 34.4 Å². The molecule has 0 aromatic heterocycles. The lowest BCUT2D eigenvalue weighted by atomic mass is 10.1. The first kappa shape index (κ1) is 12.4. The smallest absolute Gasteiger partial charge is 0.175 e. The van der Waals surface area contributed by atoms with Crippen molar-refractivity contribution >= 4 is 9.84 Å². The predicted molar refractivity (Wildman–Crippen MR) is 66.0 cm³/mol. The summed E-state index contributed by atoms with van der Waals surface area (Å²) in [4.78, 5) is 0.305. The van der Waals surface area contributed by atoms with Gasteiger partial charge >= 0.3 is 0 Å². The van der Waals surface area contributed by atoms with Crippen molar-refractivity contribution in [3.8, 4) is 5.75 Å². The minimum absolute atomic E-state index is 0.305. The van der Waals surface area contributed by atoms with Crippen molar-refractivity contribution in [1.82, 2.24) is 5.32 Å². The number of hydrogen-bond donors (Lipinski definition) is 1. The van der Waals surface area contributed by atoms with Crippen LogP contribution < -0.4 is 10.1 Å². The van der Waals surface area contributed by atoms with Crippen LogP contribution in [0.2, 0.25) is 0 Å². The standard InChI is InChI=1S/C12H17NO3S/c1-17(14,15)12-4-2-3-11(7-12)16-9-10-5-6-13-8-10/h2-4,7,10,13H,5-6,8-9H2,1H3/t10-/m0/s1. The van der Waals surface area contributed by atoms with Crippen molar-refractivity contribution in [3.63, 3.8) is 0 Å². The van der Waals surface area contributed by atoms with Gasteiger partial charge in [-0.3, -0.25) is 0 Å². The molecule has 0 amide bonds. The first-order valence-corrected chi connectivity index (χ1v) is 7.58. The summed E-state index contributed by atoms with van der Waals surface area (Å²) in [6.07, 6.45) is 2.32. The average Bonchev–Trinajstić information content (AvgIpc) is 2.78. The molecule has 1 fully saturated rings. The molecule has 17 heavy (non-hydrogen) atoms. The summed E-state index contributed by atoms with van der Waals surface area (Å²) in [5.74, 6) is 1.15. The van der Waals surface area contributed by atoms with E-state index in [9.17, 15) is 8.42 Å². The van der Waals surface area contributed by atoms with Gasteiger partial charge in [0.25, 0.3) is 0 Å². The van der Waals surface area contributed by atoms with Gasteiger partial charge in [-0.25, -0.2) is 8.42 Å². The van der Waals surface area contributed by atoms with Crippen LogP contribution in [-0.2, 0) is 9.84 Å². The molecule has 5 heteroatoms. The second-order valence-electron chi connectivity index (χ2n) is 4.42. The third kappa shape index (κ3) is 3.44. The molecule has 0 radical (unpaired) electrons. The number of ether oxygens (including phenoxy) is 1. The highest BCUT2D eigenvalue weighted by molar-refractivity contribution is 7.90. The average molecular weight is 255 g/mol. The van der Waals surface area contributed by atoms with Gasteiger partial charge in [0.15, 0.2) is 9.84 Å². The molecule has 1 aromatic carbocycles. The molecule has 1 atom stereocenters. The molecule has 1 heterocycles. The van der Waals surface area contributed by atoms with Crippen LogP contribution in [0.15, 0.2) is 29.2 Å². The second-order valence-corrected chi connectivity index (χ2v) is 6.43. The van der Waals surface area contributed by atoms with Crippen LogP contribution >= 0.6 is 0 Å². The summed E-state index contributed by atoms with van der Waals surface area (Å²) >= 11 is 0. The quantitative estimate of drug-likeness (QED) is 0.874. The molecule has 1 N–H and O–H groups in total. The first-order valence-electron chi connectivity index (χ1n) is 5.69. The van der Waals surface area contributed by atoms with Crippen LogP contribution in [0.5, 0.6) is 5.75 Å². The highest BCUT2D eigenvalue weighted by atomic mass is 32.2. The molecule has 0 spiro atoms. The minimum Gasteiger partial charge on any atom is -0.493 e. The Bertz CT molecular complexity index is 478. The summed E-state index contributed by atoms with van der Waals surface area (Å²) in [6, 6.07) is 6.66. The number of rotatable bonds is 4. The molecule has 0 saturated carbocycles. The topological polar surface area (TPSA) is 55.4 Å². The molecular formula is C12H17NO3S. The van der Waals surface area contributed by atoms with E-state index in [-0.39, 0.29) is 0 Å². The zero-order chi connectivity index (χ0) is 12.3. The lowest BCUT2D eigenvalue weighted by Crippen LogP contribution is -2.15. The first-order chi connectivity index (χ1) is 8.05. The lowest BCUT2D eigenvalue weighted by molar-refractivity contribution is 0.259. The zero-order valence-corrected chi connectivity index (χ0v) is 10.7. The largest absolute Gasteiger partial charge is 0.493 e. The molecule has 0 unspecified atom stereocenters. The Morgan fingerprint density at radius 3 is 2.94 bits per heavy atom. The van der Waals surface area contributed by atoms with Gasteiger partial charge in [-0.2, -0.15) is 0 Å². The van der Waals surface area contributed by atoms with Crippen LogP contribution in [0, 0.1) is 5.92 Å². The Morgan fingerprint density at radius 2 is 2.29 bits per heavy atom. The zero-order valence-electron chi connectivity index (χ0n) is 9.85. The number of hydrogen-bond acceptors (Lipinski definition) is 4. The second kappa shape index (κ2) is 5.06. The molecule has 1 aliphatic heterocycles. The Hall–Kier alpha value is -1.07. The highest BCUT2D eigenvalue weighted by Gasteiger charge is 2.15. The van der Waals surface area contributed by atoms with E-state index in [1.165, 1.54) is 6.26 Å². The van der Waals surface area contributed by atoms with Gasteiger partial charge in [0.2, 0.25) is 0 Å². The van der Waals surface area contributed by atoms with Gasteiger partial charge in [-0.05, 0) is 31.2 Å². The van der Waals surface area contributed by atoms with Crippen molar-refractivity contribution in [2.75, 3.05) is 26.0 Å². The fraction of sp³-hybridized carbons (Fsp3) is 0.500. The van der Waals surface area contributed by atoms with Gasteiger partial charge in [-0.1, -0.05) is 6.07 Å². The molecule has 0 bridgehead atoms. The van der Waals surface area contributed by atoms with E-state index in [0.29, 0.717) is 23.2 Å². The molecule has 1 aromatic rings. The maximum atomic E-state index is 11.4. The maximum absolute atomic E-state index is 11.4. The van der Waals surface area contributed by atoms with E-state index in [0.717, 1.165) is 19.5 Å². The predicted octanol–water partition coefficient (Wildman–Crippen LogP) is 1.08. The maximum Gasteiger partial charge on any atom is 0.175 e. The van der Waals surface area contributed by atoms with Crippen LogP contribution in [0.25, 0.3) is 0 Å². The molecule has 94 valence electrons. The fourth-order valence-electron chi connectivity index (χ4n) is 1.87. The van der Waals surface area contributed by atoms with Crippen molar-refractivity contribution in [2.24, 2.45) is 5.92 Å². The summed E-state index contributed by atoms with van der Waals surface area (Å²) in [5.41, 5.74) is 0. The third-order valence-electron chi connectivity index (χ3n) is 2.88. The van der Waals surface area contributed by atoms with E-state index < -0.39 is 9.84 Å². The number of sulfone groups is 1. The van der Waals surface area contributed by atoms with Crippen LogP contribution in [0.4, 0.5) is 0 Å². The highest BCUT2D eigenvalue weighted by Crippen LogP contribution is 2.18. The molecular weight excluding hydrogens is 238 g/mol. The van der Waals surface area contributed by atoms with Gasteiger partial charge in [-0.15, -0.1) is 0 Å². The fourth-order valence-corrected chi connectivity index (χ4v) is 2.52. The van der Waals surface area contributed by atoms with Gasteiger partial charge in [0.05, 0.1) is 11.5 Å². The van der Waals surface area contributed by atoms with Crippen LogP contribution in [0.1, 0.15) is 6.42 Å². The molecule has 0 aliphatic carbocycles. The number of benzene rings is 1. The number of nitrogens with one attached hydrogen (secondary N) is 1. The normalized spacial score (nSPS) is 20.4. The van der Waals surface area contributed by atoms with Crippen molar-refractivity contribution in [1.29, 1.82) is 0 Å². The SMILES string of the molecule is CS(=O)(=O)c1cccc(OC[C@H]2CCNC2)c1. The van der Waals surface area contributed by atoms with Crippen molar-refractivity contribution < 1.29 is 13.2 Å². The van der Waals surface area contributed by atoms with Gasteiger partial charge in [0, 0.05) is 18.7 Å². The molecule has 4 nitrogen and oxygen atoms in total. The lowest BCUT2D eigenvalue weighted by Gasteiger charge is -2.11. The summed E-state index contributed by atoms with van der Waals surface area (Å²) in [7, 11) is -3.16. The Kier molecular flexibility index (Phi) is 3.69. The van der Waals surface area contributed by atoms with Crippen molar-refractivity contribution in [3.05, 3.63) is 24.3 Å². The monoisotopic (exact) mass is 255 g/mol. The Labute approximate surface area is 102 Å².